The van der Waals surface area contributed by atoms with Crippen LogP contribution in [0.15, 0.2) is 45.1 Å². The van der Waals surface area contributed by atoms with Crippen LogP contribution in [-0.2, 0) is 9.53 Å². The Hall–Kier alpha value is -2.41. The summed E-state index contributed by atoms with van der Waals surface area (Å²) >= 11 is 1.61. The molecule has 3 rings (SSSR count). The molecule has 6 nitrogen and oxygen atoms in total. The highest BCUT2D eigenvalue weighted by Crippen LogP contribution is 2.47. The summed E-state index contributed by atoms with van der Waals surface area (Å²) in [4.78, 5) is 20.4. The zero-order valence-electron chi connectivity index (χ0n) is 15.7. The summed E-state index contributed by atoms with van der Waals surface area (Å²) in [5.41, 5.74) is 3.17. The second-order valence-corrected chi connectivity index (χ2v) is 7.20. The number of aliphatic imine (C=N–C) groups is 1. The van der Waals surface area contributed by atoms with Crippen LogP contribution in [0.1, 0.15) is 32.4 Å². The van der Waals surface area contributed by atoms with E-state index in [4.69, 9.17) is 14.2 Å². The number of thioether (sulfide) groups is 1. The van der Waals surface area contributed by atoms with Gasteiger partial charge in [-0.2, -0.15) is 0 Å². The molecule has 1 atom stereocenters. The molecule has 26 heavy (non-hydrogen) atoms. The largest absolute Gasteiger partial charge is 0.493 e. The van der Waals surface area contributed by atoms with Crippen molar-refractivity contribution >= 4 is 22.9 Å². The van der Waals surface area contributed by atoms with Crippen molar-refractivity contribution in [2.45, 2.75) is 26.8 Å². The smallest absolute Gasteiger partial charge is 0.338 e. The predicted molar refractivity (Wildman–Crippen MR) is 102 cm³/mol. The third-order valence-corrected chi connectivity index (χ3v) is 5.71. The molecule has 0 radical (unpaired) electrons. The maximum atomic E-state index is 12.6. The lowest BCUT2D eigenvalue weighted by Crippen LogP contribution is -2.35. The molecule has 1 aromatic rings. The van der Waals surface area contributed by atoms with E-state index in [0.29, 0.717) is 22.8 Å². The van der Waals surface area contributed by atoms with Crippen LogP contribution in [0.25, 0.3) is 0 Å². The summed E-state index contributed by atoms with van der Waals surface area (Å²) in [6.45, 7) is 5.93. The zero-order valence-corrected chi connectivity index (χ0v) is 16.6. The van der Waals surface area contributed by atoms with Crippen LogP contribution in [0.5, 0.6) is 11.5 Å². The number of nitrogens with zero attached hydrogens (tertiary/aromatic N) is 2. The van der Waals surface area contributed by atoms with E-state index >= 15 is 0 Å². The van der Waals surface area contributed by atoms with E-state index in [1.807, 2.05) is 32.0 Å². The van der Waals surface area contributed by atoms with Crippen molar-refractivity contribution in [2.75, 3.05) is 21.3 Å². The van der Waals surface area contributed by atoms with Gasteiger partial charge in [-0.15, -0.1) is 0 Å². The van der Waals surface area contributed by atoms with Gasteiger partial charge in [0.05, 0.1) is 38.6 Å². The second-order valence-electron chi connectivity index (χ2n) is 6.02. The molecule has 0 unspecified atom stereocenters. The number of carbonyl (C=O) groups is 1. The number of ether oxygens (including phenoxy) is 3. The first-order valence-electron chi connectivity index (χ1n) is 8.17. The van der Waals surface area contributed by atoms with Crippen LogP contribution < -0.4 is 9.47 Å². The second kappa shape index (κ2) is 7.07. The Bertz CT molecular complexity index is 857. The van der Waals surface area contributed by atoms with Gasteiger partial charge in [0.1, 0.15) is 0 Å². The SMILES string of the molecule is COC(=O)C1=C(C)N=C2SC(C)=C(C)N2[C@@H]1c1ccc(OC)c(OC)c1. The molecule has 138 valence electrons. The van der Waals surface area contributed by atoms with E-state index in [1.165, 1.54) is 7.11 Å². The lowest BCUT2D eigenvalue weighted by atomic mass is 9.93. The lowest BCUT2D eigenvalue weighted by Gasteiger charge is -2.35. The van der Waals surface area contributed by atoms with Crippen molar-refractivity contribution in [3.63, 3.8) is 0 Å². The molecule has 0 aliphatic carbocycles. The van der Waals surface area contributed by atoms with Crippen LogP contribution in [0.3, 0.4) is 0 Å². The fraction of sp³-hybridized carbons (Fsp3) is 0.368. The summed E-state index contributed by atoms with van der Waals surface area (Å²) in [6, 6.07) is 5.35. The van der Waals surface area contributed by atoms with Gasteiger partial charge in [0.25, 0.3) is 0 Å². The van der Waals surface area contributed by atoms with Gasteiger partial charge in [-0.1, -0.05) is 17.8 Å². The molecule has 0 saturated heterocycles. The number of esters is 1. The molecule has 0 aromatic heterocycles. The molecule has 0 saturated carbocycles. The lowest BCUT2D eigenvalue weighted by molar-refractivity contribution is -0.136. The predicted octanol–water partition coefficient (Wildman–Crippen LogP) is 3.86. The number of benzene rings is 1. The van der Waals surface area contributed by atoms with E-state index < -0.39 is 0 Å². The summed E-state index contributed by atoms with van der Waals surface area (Å²) in [5.74, 6) is 0.870. The van der Waals surface area contributed by atoms with Crippen LogP contribution in [-0.4, -0.2) is 37.4 Å². The number of amidine groups is 1. The van der Waals surface area contributed by atoms with Gasteiger partial charge in [0, 0.05) is 10.6 Å². The number of carbonyl (C=O) groups excluding carboxylic acids is 1. The Morgan fingerprint density at radius 2 is 1.81 bits per heavy atom. The number of hydrogen-bond donors (Lipinski definition) is 0. The topological polar surface area (TPSA) is 60.4 Å². The van der Waals surface area contributed by atoms with Gasteiger partial charge in [-0.05, 0) is 38.5 Å². The van der Waals surface area contributed by atoms with E-state index in [9.17, 15) is 4.79 Å². The molecule has 2 heterocycles. The first-order valence-corrected chi connectivity index (χ1v) is 8.98. The number of fused-ring (bicyclic) bond motifs is 1. The number of methoxy groups -OCH3 is 3. The number of hydrogen-bond acceptors (Lipinski definition) is 7. The molecular formula is C19H22N2O4S. The number of rotatable bonds is 4. The Morgan fingerprint density at radius 1 is 1.12 bits per heavy atom. The number of allylic oxidation sites excluding steroid dienone is 3. The average molecular weight is 374 g/mol. The summed E-state index contributed by atoms with van der Waals surface area (Å²) in [7, 11) is 4.58. The van der Waals surface area contributed by atoms with Crippen molar-refractivity contribution in [1.82, 2.24) is 4.90 Å². The first kappa shape index (κ1) is 18.4. The van der Waals surface area contributed by atoms with Crippen molar-refractivity contribution < 1.29 is 19.0 Å². The highest BCUT2D eigenvalue weighted by Gasteiger charge is 2.41. The Labute approximate surface area is 157 Å². The molecule has 1 aromatic carbocycles. The van der Waals surface area contributed by atoms with Gasteiger partial charge in [-0.25, -0.2) is 9.79 Å². The van der Waals surface area contributed by atoms with Gasteiger partial charge >= 0.3 is 5.97 Å². The van der Waals surface area contributed by atoms with Gasteiger partial charge < -0.3 is 19.1 Å². The molecule has 0 fully saturated rings. The quantitative estimate of drug-likeness (QED) is 0.746. The monoisotopic (exact) mass is 374 g/mol. The molecule has 2 aliphatic rings. The highest BCUT2D eigenvalue weighted by atomic mass is 32.2. The molecule has 0 N–H and O–H groups in total. The normalized spacial score (nSPS) is 19.4. The van der Waals surface area contributed by atoms with Crippen molar-refractivity contribution in [3.8, 4) is 11.5 Å². The minimum atomic E-state index is -0.382. The molecule has 0 spiro atoms. The molecular weight excluding hydrogens is 352 g/mol. The van der Waals surface area contributed by atoms with Crippen LogP contribution >= 0.6 is 11.8 Å². The molecule has 0 amide bonds. The van der Waals surface area contributed by atoms with Gasteiger partial charge in [0.2, 0.25) is 0 Å². The third kappa shape index (κ3) is 2.86. The minimum absolute atomic E-state index is 0.334. The first-order chi connectivity index (χ1) is 12.4. The highest BCUT2D eigenvalue weighted by molar-refractivity contribution is 8.17. The van der Waals surface area contributed by atoms with Crippen LogP contribution in [0.2, 0.25) is 0 Å². The van der Waals surface area contributed by atoms with Crippen molar-refractivity contribution in [1.29, 1.82) is 0 Å². The maximum Gasteiger partial charge on any atom is 0.338 e. The minimum Gasteiger partial charge on any atom is -0.493 e. The summed E-state index contributed by atoms with van der Waals surface area (Å²) in [6.07, 6.45) is 0. The Balaban J connectivity index is 2.20. The average Bonchev–Trinajstić information content (AvgIpc) is 2.92. The standard InChI is InChI=1S/C19H22N2O4S/c1-10-16(18(22)25-6)17(21-11(2)12(3)26-19(21)20-10)13-7-8-14(23-4)15(9-13)24-5/h7-9,17H,1-6H3/t17-/m1/s1. The summed E-state index contributed by atoms with van der Waals surface area (Å²) < 4.78 is 15.8. The Kier molecular flexibility index (Phi) is 5.00. The zero-order chi connectivity index (χ0) is 19.0. The van der Waals surface area contributed by atoms with Crippen molar-refractivity contribution in [3.05, 3.63) is 45.6 Å². The van der Waals surface area contributed by atoms with Crippen LogP contribution in [0, 0.1) is 0 Å². The van der Waals surface area contributed by atoms with E-state index in [0.717, 1.165) is 21.3 Å². The van der Waals surface area contributed by atoms with Gasteiger partial charge in [-0.3, -0.25) is 0 Å². The fourth-order valence-electron chi connectivity index (χ4n) is 3.19. The van der Waals surface area contributed by atoms with Crippen molar-refractivity contribution in [2.24, 2.45) is 4.99 Å². The third-order valence-electron chi connectivity index (χ3n) is 4.63. The molecule has 0 bridgehead atoms. The van der Waals surface area contributed by atoms with Crippen LogP contribution in [0.4, 0.5) is 0 Å². The Morgan fingerprint density at radius 3 is 2.42 bits per heavy atom. The maximum absolute atomic E-state index is 12.6. The van der Waals surface area contributed by atoms with E-state index in [-0.39, 0.29) is 12.0 Å². The summed E-state index contributed by atoms with van der Waals surface area (Å²) in [5, 5.41) is 0.866. The van der Waals surface area contributed by atoms with E-state index in [1.54, 1.807) is 26.0 Å². The van der Waals surface area contributed by atoms with E-state index in [2.05, 4.69) is 16.8 Å². The molecule has 2 aliphatic heterocycles. The molecule has 7 heteroatoms. The fourth-order valence-corrected chi connectivity index (χ4v) is 4.24. The van der Waals surface area contributed by atoms with Gasteiger partial charge in [0.15, 0.2) is 16.7 Å².